The van der Waals surface area contributed by atoms with E-state index in [2.05, 4.69) is 5.16 Å². The maximum absolute atomic E-state index is 9.79. The highest BCUT2D eigenvalue weighted by molar-refractivity contribution is 6.05. The van der Waals surface area contributed by atoms with Crippen LogP contribution in [0.5, 0.6) is 5.75 Å². The van der Waals surface area contributed by atoms with E-state index in [1.165, 1.54) is 13.8 Å². The number of benzene rings is 1. The second-order valence-electron chi connectivity index (χ2n) is 4.10. The van der Waals surface area contributed by atoms with Crippen molar-refractivity contribution in [3.63, 3.8) is 0 Å². The summed E-state index contributed by atoms with van der Waals surface area (Å²) in [6.45, 7) is 3.26. The number of nitrogens with zero attached hydrogens (tertiary/aromatic N) is 1. The molecule has 0 aliphatic heterocycles. The van der Waals surface area contributed by atoms with Gasteiger partial charge in [0.15, 0.2) is 0 Å². The molecule has 94 valence electrons. The summed E-state index contributed by atoms with van der Waals surface area (Å²) >= 11 is 0. The van der Waals surface area contributed by atoms with Crippen molar-refractivity contribution in [1.29, 1.82) is 0 Å². The van der Waals surface area contributed by atoms with Crippen LogP contribution in [0.1, 0.15) is 19.4 Å². The molecular weight excluding hydrogens is 222 g/mol. The van der Waals surface area contributed by atoms with E-state index in [4.69, 9.17) is 15.1 Å². The Morgan fingerprint density at radius 1 is 1.29 bits per heavy atom. The first kappa shape index (κ1) is 13.5. The molecule has 17 heavy (non-hydrogen) atoms. The van der Waals surface area contributed by atoms with Gasteiger partial charge in [-0.1, -0.05) is 5.16 Å². The molecule has 0 heterocycles. The molecule has 0 radical (unpaired) electrons. The minimum atomic E-state index is -1.22. The van der Waals surface area contributed by atoms with Crippen molar-refractivity contribution in [2.45, 2.75) is 19.4 Å². The zero-order valence-electron chi connectivity index (χ0n) is 9.92. The normalized spacial score (nSPS) is 12.6. The van der Waals surface area contributed by atoms with Gasteiger partial charge in [0.1, 0.15) is 23.7 Å². The van der Waals surface area contributed by atoms with Gasteiger partial charge in [-0.25, -0.2) is 0 Å². The second kappa shape index (κ2) is 5.65. The van der Waals surface area contributed by atoms with E-state index in [-0.39, 0.29) is 18.9 Å². The Kier molecular flexibility index (Phi) is 4.48. The van der Waals surface area contributed by atoms with Crippen molar-refractivity contribution >= 4 is 5.71 Å². The summed E-state index contributed by atoms with van der Waals surface area (Å²) in [7, 11) is 0. The van der Waals surface area contributed by atoms with Crippen LogP contribution in [0, 0.1) is 0 Å². The lowest BCUT2D eigenvalue weighted by atomic mass is 9.96. The summed E-state index contributed by atoms with van der Waals surface area (Å²) in [6.07, 6.45) is 0. The van der Waals surface area contributed by atoms with Crippen LogP contribution in [-0.4, -0.2) is 39.9 Å². The number of hydrogen-bond donors (Lipinski definition) is 3. The van der Waals surface area contributed by atoms with Crippen molar-refractivity contribution in [3.8, 4) is 5.75 Å². The minimum Gasteiger partial charge on any atom is -0.491 e. The Labute approximate surface area is 100.0 Å². The standard InChI is InChI=1S/C12H17NO4/c1-12(2,15)11(13-16)9-3-5-10(6-4-9)17-8-7-14/h3-6,14-16H,7-8H2,1-2H3/b13-11+. The van der Waals surface area contributed by atoms with E-state index in [1.54, 1.807) is 24.3 Å². The molecule has 1 rings (SSSR count). The molecule has 0 fully saturated rings. The van der Waals surface area contributed by atoms with Gasteiger partial charge < -0.3 is 20.2 Å². The monoisotopic (exact) mass is 239 g/mol. The minimum absolute atomic E-state index is 0.0469. The van der Waals surface area contributed by atoms with Crippen LogP contribution < -0.4 is 4.74 Å². The molecule has 0 aliphatic rings. The molecule has 5 nitrogen and oxygen atoms in total. The molecule has 3 N–H and O–H groups in total. The predicted molar refractivity (Wildman–Crippen MR) is 63.6 cm³/mol. The highest BCUT2D eigenvalue weighted by Gasteiger charge is 2.23. The topological polar surface area (TPSA) is 82.3 Å². The molecular formula is C12H17NO4. The summed E-state index contributed by atoms with van der Waals surface area (Å²) in [6, 6.07) is 6.73. The lowest BCUT2D eigenvalue weighted by Crippen LogP contribution is -2.32. The van der Waals surface area contributed by atoms with Crippen molar-refractivity contribution in [2.75, 3.05) is 13.2 Å². The lowest BCUT2D eigenvalue weighted by Gasteiger charge is -2.18. The van der Waals surface area contributed by atoms with Crippen LogP contribution in [0.25, 0.3) is 0 Å². The molecule has 0 spiro atoms. The van der Waals surface area contributed by atoms with Gasteiger partial charge in [-0.05, 0) is 38.1 Å². The fourth-order valence-corrected chi connectivity index (χ4v) is 1.41. The Morgan fingerprint density at radius 2 is 1.88 bits per heavy atom. The SMILES string of the molecule is CC(C)(O)/C(=N/O)c1ccc(OCCO)cc1. The van der Waals surface area contributed by atoms with Crippen molar-refractivity contribution < 1.29 is 20.2 Å². The van der Waals surface area contributed by atoms with E-state index in [0.29, 0.717) is 11.3 Å². The van der Waals surface area contributed by atoms with Crippen LogP contribution in [0.2, 0.25) is 0 Å². The van der Waals surface area contributed by atoms with E-state index >= 15 is 0 Å². The first-order valence-electron chi connectivity index (χ1n) is 5.28. The molecule has 0 unspecified atom stereocenters. The third-order valence-corrected chi connectivity index (χ3v) is 2.17. The summed E-state index contributed by atoms with van der Waals surface area (Å²) in [5.41, 5.74) is -0.426. The van der Waals surface area contributed by atoms with Crippen LogP contribution in [0.4, 0.5) is 0 Å². The molecule has 0 bridgehead atoms. The number of aliphatic hydroxyl groups excluding tert-OH is 1. The first-order valence-corrected chi connectivity index (χ1v) is 5.28. The van der Waals surface area contributed by atoms with Crippen LogP contribution in [0.3, 0.4) is 0 Å². The van der Waals surface area contributed by atoms with Crippen LogP contribution in [0.15, 0.2) is 29.4 Å². The Morgan fingerprint density at radius 3 is 2.29 bits per heavy atom. The van der Waals surface area contributed by atoms with E-state index in [0.717, 1.165) is 0 Å². The van der Waals surface area contributed by atoms with Gasteiger partial charge in [-0.3, -0.25) is 0 Å². The van der Waals surface area contributed by atoms with E-state index in [9.17, 15) is 5.11 Å². The zero-order chi connectivity index (χ0) is 12.9. The van der Waals surface area contributed by atoms with Gasteiger partial charge in [-0.15, -0.1) is 0 Å². The average molecular weight is 239 g/mol. The summed E-state index contributed by atoms with van der Waals surface area (Å²) in [4.78, 5) is 0. The Balaban J connectivity index is 2.87. The largest absolute Gasteiger partial charge is 0.491 e. The fraction of sp³-hybridized carbons (Fsp3) is 0.417. The molecule has 0 amide bonds. The van der Waals surface area contributed by atoms with E-state index in [1.807, 2.05) is 0 Å². The summed E-state index contributed by atoms with van der Waals surface area (Å²) in [5.74, 6) is 0.607. The van der Waals surface area contributed by atoms with Gasteiger partial charge >= 0.3 is 0 Å². The molecule has 1 aromatic rings. The molecule has 0 aromatic heterocycles. The fourth-order valence-electron chi connectivity index (χ4n) is 1.41. The third-order valence-electron chi connectivity index (χ3n) is 2.17. The molecule has 0 aliphatic carbocycles. The molecule has 0 saturated carbocycles. The second-order valence-corrected chi connectivity index (χ2v) is 4.10. The van der Waals surface area contributed by atoms with Crippen molar-refractivity contribution in [3.05, 3.63) is 29.8 Å². The van der Waals surface area contributed by atoms with Gasteiger partial charge in [0, 0.05) is 5.56 Å². The third kappa shape index (κ3) is 3.72. The number of hydrogen-bond acceptors (Lipinski definition) is 5. The maximum Gasteiger partial charge on any atom is 0.119 e. The van der Waals surface area contributed by atoms with E-state index < -0.39 is 5.60 Å². The molecule has 1 aromatic carbocycles. The lowest BCUT2D eigenvalue weighted by molar-refractivity contribution is 0.148. The van der Waals surface area contributed by atoms with Gasteiger partial charge in [0.25, 0.3) is 0 Å². The summed E-state index contributed by atoms with van der Waals surface area (Å²) in [5, 5.41) is 30.4. The van der Waals surface area contributed by atoms with Crippen LogP contribution in [-0.2, 0) is 0 Å². The maximum atomic E-state index is 9.79. The first-order chi connectivity index (χ1) is 7.99. The number of aliphatic hydroxyl groups is 2. The van der Waals surface area contributed by atoms with Crippen LogP contribution >= 0.6 is 0 Å². The number of ether oxygens (including phenoxy) is 1. The van der Waals surface area contributed by atoms with Crippen molar-refractivity contribution in [1.82, 2.24) is 0 Å². The average Bonchev–Trinajstić information content (AvgIpc) is 2.27. The van der Waals surface area contributed by atoms with Gasteiger partial charge in [0.2, 0.25) is 0 Å². The number of rotatable bonds is 5. The van der Waals surface area contributed by atoms with Gasteiger partial charge in [-0.2, -0.15) is 0 Å². The van der Waals surface area contributed by atoms with Crippen molar-refractivity contribution in [2.24, 2.45) is 5.16 Å². The summed E-state index contributed by atoms with van der Waals surface area (Å²) < 4.78 is 5.19. The van der Waals surface area contributed by atoms with Gasteiger partial charge in [0.05, 0.1) is 6.61 Å². The molecule has 5 heteroatoms. The zero-order valence-corrected chi connectivity index (χ0v) is 9.92. The highest BCUT2D eigenvalue weighted by atomic mass is 16.5. The Bertz CT molecular complexity index is 378. The molecule has 0 atom stereocenters. The highest BCUT2D eigenvalue weighted by Crippen LogP contribution is 2.17. The number of oxime groups is 1. The Hall–Kier alpha value is -1.59. The predicted octanol–water partition coefficient (Wildman–Crippen LogP) is 1.01. The smallest absolute Gasteiger partial charge is 0.119 e. The molecule has 0 saturated heterocycles. The quantitative estimate of drug-likeness (QED) is 0.407.